The van der Waals surface area contributed by atoms with Gasteiger partial charge in [-0.05, 0) is 37.5 Å². The van der Waals surface area contributed by atoms with Crippen molar-refractivity contribution in [2.45, 2.75) is 31.3 Å². The summed E-state index contributed by atoms with van der Waals surface area (Å²) in [5, 5.41) is 11.0. The lowest BCUT2D eigenvalue weighted by Gasteiger charge is -2.19. The van der Waals surface area contributed by atoms with Crippen molar-refractivity contribution in [3.8, 4) is 0 Å². The van der Waals surface area contributed by atoms with Crippen molar-refractivity contribution in [3.05, 3.63) is 42.1 Å². The molecule has 2 heteroatoms. The van der Waals surface area contributed by atoms with Crippen molar-refractivity contribution in [2.24, 2.45) is 0 Å². The Balaban J connectivity index is 2.12. The normalized spacial score (nSPS) is 19.6. The summed E-state index contributed by atoms with van der Waals surface area (Å²) in [6, 6.07) is 10.4. The van der Waals surface area contributed by atoms with Crippen LogP contribution in [-0.2, 0) is 5.41 Å². The van der Waals surface area contributed by atoms with Gasteiger partial charge in [-0.1, -0.05) is 18.2 Å². The fourth-order valence-electron chi connectivity index (χ4n) is 2.46. The molecule has 1 N–H and O–H groups in total. The Bertz CT molecular complexity index is 529. The maximum atomic E-state index is 9.85. The van der Waals surface area contributed by atoms with Gasteiger partial charge in [-0.2, -0.15) is 0 Å². The summed E-state index contributed by atoms with van der Waals surface area (Å²) in [6.45, 7) is 1.88. The highest BCUT2D eigenvalue weighted by molar-refractivity contribution is 5.79. The molecule has 2 aromatic rings. The lowest BCUT2D eigenvalue weighted by molar-refractivity contribution is 0.151. The Labute approximate surface area is 94.9 Å². The van der Waals surface area contributed by atoms with Crippen LogP contribution in [0.4, 0.5) is 0 Å². The largest absolute Gasteiger partial charge is 0.392 e. The van der Waals surface area contributed by atoms with Crippen molar-refractivity contribution in [1.29, 1.82) is 0 Å². The summed E-state index contributed by atoms with van der Waals surface area (Å²) in [6.07, 6.45) is 3.72. The van der Waals surface area contributed by atoms with E-state index in [1.54, 1.807) is 0 Å². The summed E-state index contributed by atoms with van der Waals surface area (Å²) < 4.78 is 0. The molecular weight excluding hydrogens is 198 g/mol. The third-order valence-corrected chi connectivity index (χ3v) is 3.77. The summed E-state index contributed by atoms with van der Waals surface area (Å²) in [4.78, 5) is 4.36. The Hall–Kier alpha value is -1.41. The van der Waals surface area contributed by atoms with E-state index in [4.69, 9.17) is 0 Å². The molecule has 1 fully saturated rings. The predicted molar refractivity (Wildman–Crippen MR) is 64.3 cm³/mol. The van der Waals surface area contributed by atoms with Crippen LogP contribution < -0.4 is 0 Å². The number of hydrogen-bond acceptors (Lipinski definition) is 2. The predicted octanol–water partition coefficient (Wildman–Crippen LogP) is 2.65. The molecule has 16 heavy (non-hydrogen) atoms. The second kappa shape index (κ2) is 3.29. The SMILES string of the molecule is CC(O)C1(c2ccc3cccnc3c2)CC1. The van der Waals surface area contributed by atoms with Gasteiger partial charge in [0, 0.05) is 17.0 Å². The zero-order chi connectivity index (χ0) is 11.2. The van der Waals surface area contributed by atoms with Crippen LogP contribution in [-0.4, -0.2) is 16.2 Å². The topological polar surface area (TPSA) is 33.1 Å². The molecule has 0 saturated heterocycles. The summed E-state index contributed by atoms with van der Waals surface area (Å²) in [7, 11) is 0. The Morgan fingerprint density at radius 2 is 2.12 bits per heavy atom. The molecular formula is C14H15NO. The third-order valence-electron chi connectivity index (χ3n) is 3.77. The second-order valence-corrected chi connectivity index (χ2v) is 4.74. The number of benzene rings is 1. The molecule has 0 spiro atoms. The lowest BCUT2D eigenvalue weighted by atomic mass is 9.90. The molecule has 0 radical (unpaired) electrons. The highest BCUT2D eigenvalue weighted by Crippen LogP contribution is 2.51. The minimum atomic E-state index is -0.270. The molecule has 0 bridgehead atoms. The number of rotatable bonds is 2. The smallest absolute Gasteiger partial charge is 0.0704 e. The minimum Gasteiger partial charge on any atom is -0.392 e. The number of aromatic nitrogens is 1. The molecule has 0 aliphatic heterocycles. The molecule has 1 unspecified atom stereocenters. The van der Waals surface area contributed by atoms with E-state index >= 15 is 0 Å². The Morgan fingerprint density at radius 1 is 1.31 bits per heavy atom. The van der Waals surface area contributed by atoms with Gasteiger partial charge in [0.05, 0.1) is 11.6 Å². The third kappa shape index (κ3) is 1.34. The first-order chi connectivity index (χ1) is 7.72. The van der Waals surface area contributed by atoms with Crippen molar-refractivity contribution in [1.82, 2.24) is 4.98 Å². The van der Waals surface area contributed by atoms with Crippen LogP contribution in [0.5, 0.6) is 0 Å². The van der Waals surface area contributed by atoms with E-state index in [0.717, 1.165) is 23.7 Å². The van der Waals surface area contributed by atoms with E-state index in [2.05, 4.69) is 29.2 Å². The molecule has 1 saturated carbocycles. The highest BCUT2D eigenvalue weighted by Gasteiger charge is 2.48. The maximum Gasteiger partial charge on any atom is 0.0704 e. The monoisotopic (exact) mass is 213 g/mol. The molecule has 1 aliphatic rings. The van der Waals surface area contributed by atoms with Crippen LogP contribution in [0.25, 0.3) is 10.9 Å². The van der Waals surface area contributed by atoms with Gasteiger partial charge in [0.1, 0.15) is 0 Å². The van der Waals surface area contributed by atoms with Gasteiger partial charge in [-0.3, -0.25) is 4.98 Å². The molecule has 2 nitrogen and oxygen atoms in total. The molecule has 0 amide bonds. The van der Waals surface area contributed by atoms with Gasteiger partial charge in [-0.15, -0.1) is 0 Å². The van der Waals surface area contributed by atoms with Crippen molar-refractivity contribution < 1.29 is 5.11 Å². The fourth-order valence-corrected chi connectivity index (χ4v) is 2.46. The molecule has 82 valence electrons. The number of nitrogens with zero attached hydrogens (tertiary/aromatic N) is 1. The minimum absolute atomic E-state index is 0.00567. The number of pyridine rings is 1. The van der Waals surface area contributed by atoms with Gasteiger partial charge in [-0.25, -0.2) is 0 Å². The van der Waals surface area contributed by atoms with Gasteiger partial charge >= 0.3 is 0 Å². The van der Waals surface area contributed by atoms with E-state index in [-0.39, 0.29) is 11.5 Å². The number of aliphatic hydroxyl groups excluding tert-OH is 1. The average molecular weight is 213 g/mol. The van der Waals surface area contributed by atoms with Crippen LogP contribution in [0.2, 0.25) is 0 Å². The van der Waals surface area contributed by atoms with E-state index in [9.17, 15) is 5.11 Å². The number of hydrogen-bond donors (Lipinski definition) is 1. The molecule has 1 aliphatic carbocycles. The van der Waals surface area contributed by atoms with Crippen LogP contribution in [0.1, 0.15) is 25.3 Å². The van der Waals surface area contributed by atoms with Crippen LogP contribution in [0.15, 0.2) is 36.5 Å². The number of aliphatic hydroxyl groups is 1. The molecule has 3 rings (SSSR count). The number of fused-ring (bicyclic) bond motifs is 1. The summed E-state index contributed by atoms with van der Waals surface area (Å²) in [5.74, 6) is 0. The van der Waals surface area contributed by atoms with E-state index in [1.165, 1.54) is 5.56 Å². The van der Waals surface area contributed by atoms with E-state index < -0.39 is 0 Å². The van der Waals surface area contributed by atoms with Crippen molar-refractivity contribution >= 4 is 10.9 Å². The molecule has 1 aromatic heterocycles. The first-order valence-corrected chi connectivity index (χ1v) is 5.76. The maximum absolute atomic E-state index is 9.85. The Kier molecular flexibility index (Phi) is 2.01. The zero-order valence-electron chi connectivity index (χ0n) is 9.35. The van der Waals surface area contributed by atoms with Crippen LogP contribution in [0, 0.1) is 0 Å². The molecule has 1 heterocycles. The highest BCUT2D eigenvalue weighted by atomic mass is 16.3. The van der Waals surface area contributed by atoms with Gasteiger partial charge in [0.15, 0.2) is 0 Å². The van der Waals surface area contributed by atoms with Crippen molar-refractivity contribution in [3.63, 3.8) is 0 Å². The van der Waals surface area contributed by atoms with Gasteiger partial charge < -0.3 is 5.11 Å². The van der Waals surface area contributed by atoms with Gasteiger partial charge in [0.2, 0.25) is 0 Å². The fraction of sp³-hybridized carbons (Fsp3) is 0.357. The van der Waals surface area contributed by atoms with E-state index in [0.29, 0.717) is 0 Å². The average Bonchev–Trinajstić information content (AvgIpc) is 3.09. The van der Waals surface area contributed by atoms with Crippen LogP contribution in [0.3, 0.4) is 0 Å². The molecule has 1 atom stereocenters. The second-order valence-electron chi connectivity index (χ2n) is 4.74. The zero-order valence-corrected chi connectivity index (χ0v) is 9.35. The summed E-state index contributed by atoms with van der Waals surface area (Å²) >= 11 is 0. The standard InChI is InChI=1S/C14H15NO/c1-10(16)14(6-7-14)12-5-4-11-3-2-8-15-13(11)9-12/h2-5,8-10,16H,6-7H2,1H3. The lowest BCUT2D eigenvalue weighted by Crippen LogP contribution is -2.22. The van der Waals surface area contributed by atoms with E-state index in [1.807, 2.05) is 19.2 Å². The van der Waals surface area contributed by atoms with Crippen molar-refractivity contribution in [2.75, 3.05) is 0 Å². The first-order valence-electron chi connectivity index (χ1n) is 5.76. The Morgan fingerprint density at radius 3 is 2.81 bits per heavy atom. The molecule has 1 aromatic carbocycles. The summed E-state index contributed by atoms with van der Waals surface area (Å²) in [5.41, 5.74) is 2.26. The van der Waals surface area contributed by atoms with Crippen LogP contribution >= 0.6 is 0 Å². The first kappa shape index (κ1) is 9.79. The quantitative estimate of drug-likeness (QED) is 0.832. The van der Waals surface area contributed by atoms with Gasteiger partial charge in [0.25, 0.3) is 0 Å².